The summed E-state index contributed by atoms with van der Waals surface area (Å²) in [6.07, 6.45) is 0. The summed E-state index contributed by atoms with van der Waals surface area (Å²) in [5.41, 5.74) is 10.1. The standard InChI is InChI=1S/2C18H29.Pb/c2*1-16(2,3)13-10-14(17(4,5)6)12-15(11-13)18(7,8)9;/h10-11H,1-9H3;10-12H,1H2,2-9H3;. The molecule has 0 aliphatic heterocycles. The fourth-order valence-corrected chi connectivity index (χ4v) is 12.9. The minimum atomic E-state index is -1.18. The topological polar surface area (TPSA) is 0 Å². The van der Waals surface area contributed by atoms with E-state index in [-0.39, 0.29) is 32.5 Å². The molecular weight excluding hydrogens is 640 g/mol. The first kappa shape index (κ1) is 32.6. The van der Waals surface area contributed by atoms with Crippen LogP contribution in [0.25, 0.3) is 0 Å². The van der Waals surface area contributed by atoms with Crippen LogP contribution < -0.4 is 3.12 Å². The molecule has 0 N–H and O–H groups in total. The van der Waals surface area contributed by atoms with Gasteiger partial charge in [0.15, 0.2) is 0 Å². The number of rotatable bonds is 4. The van der Waals surface area contributed by atoms with Crippen molar-refractivity contribution < 1.29 is 0 Å². The molecule has 0 atom stereocenters. The molecule has 206 valence electrons. The zero-order chi connectivity index (χ0) is 29.0. The van der Waals surface area contributed by atoms with Crippen LogP contribution in [0.5, 0.6) is 0 Å². The van der Waals surface area contributed by atoms with Gasteiger partial charge in [0.25, 0.3) is 0 Å². The van der Waals surface area contributed by atoms with Crippen LogP contribution in [0.3, 0.4) is 0 Å². The van der Waals surface area contributed by atoms with E-state index in [1.54, 1.807) is 14.2 Å². The zero-order valence-corrected chi connectivity index (χ0v) is 31.5. The van der Waals surface area contributed by atoms with Crippen molar-refractivity contribution in [2.24, 2.45) is 0 Å². The molecule has 0 aromatic heterocycles. The molecular formula is C36H58Pb. The summed E-state index contributed by atoms with van der Waals surface area (Å²) < 4.78 is 3.09. The minimum absolute atomic E-state index is 0.148. The van der Waals surface area contributed by atoms with Gasteiger partial charge in [-0.2, -0.15) is 0 Å². The van der Waals surface area contributed by atoms with Crippen LogP contribution in [0.4, 0.5) is 0 Å². The van der Waals surface area contributed by atoms with Gasteiger partial charge in [0.2, 0.25) is 0 Å². The fourth-order valence-electron chi connectivity index (χ4n) is 4.74. The first-order valence-corrected chi connectivity index (χ1v) is 19.0. The van der Waals surface area contributed by atoms with Crippen molar-refractivity contribution in [2.75, 3.05) is 0 Å². The number of hydrogen-bond donors (Lipinski definition) is 0. The summed E-state index contributed by atoms with van der Waals surface area (Å²) in [5, 5.41) is 0. The maximum atomic E-state index is 2.57. The summed E-state index contributed by atoms with van der Waals surface area (Å²) in [5.74, 6) is 0. The maximum absolute atomic E-state index is 2.57. The van der Waals surface area contributed by atoms with E-state index in [1.165, 1.54) is 26.2 Å². The Morgan fingerprint density at radius 2 is 0.703 bits per heavy atom. The monoisotopic (exact) mass is 698 g/mol. The molecule has 0 nitrogen and oxygen atoms in total. The van der Waals surface area contributed by atoms with E-state index in [2.05, 4.69) is 148 Å². The van der Waals surface area contributed by atoms with Gasteiger partial charge in [0.1, 0.15) is 0 Å². The third-order valence-corrected chi connectivity index (χ3v) is 15.4. The summed E-state index contributed by atoms with van der Waals surface area (Å²) in [6.45, 7) is 40.7. The van der Waals surface area contributed by atoms with Gasteiger partial charge in [-0.15, -0.1) is 0 Å². The van der Waals surface area contributed by atoms with Crippen LogP contribution in [0.1, 0.15) is 151 Å². The van der Waals surface area contributed by atoms with Gasteiger partial charge in [-0.25, -0.2) is 0 Å². The van der Waals surface area contributed by atoms with E-state index < -0.39 is 24.2 Å². The van der Waals surface area contributed by atoms with Crippen molar-refractivity contribution in [3.8, 4) is 0 Å². The second kappa shape index (κ2) is 10.4. The molecule has 0 fully saturated rings. The third-order valence-electron chi connectivity index (χ3n) is 7.77. The Kier molecular flexibility index (Phi) is 9.16. The predicted octanol–water partition coefficient (Wildman–Crippen LogP) is 9.90. The molecule has 0 aliphatic carbocycles. The summed E-state index contributed by atoms with van der Waals surface area (Å²) >= 11 is -1.18. The first-order valence-electron chi connectivity index (χ1n) is 14.3. The van der Waals surface area contributed by atoms with Crippen LogP contribution in [-0.4, -0.2) is 24.2 Å². The van der Waals surface area contributed by atoms with Crippen LogP contribution in [0.15, 0.2) is 30.3 Å². The van der Waals surface area contributed by atoms with Crippen LogP contribution in [0, 0.1) is 0 Å². The molecule has 2 rings (SSSR count). The van der Waals surface area contributed by atoms with E-state index in [9.17, 15) is 0 Å². The summed E-state index contributed by atoms with van der Waals surface area (Å²) in [6, 6.07) is 12.7. The van der Waals surface area contributed by atoms with E-state index >= 15 is 0 Å². The Balaban J connectivity index is 2.68. The Bertz CT molecular complexity index is 1030. The van der Waals surface area contributed by atoms with Crippen molar-refractivity contribution in [3.05, 3.63) is 63.7 Å². The first-order chi connectivity index (χ1) is 16.2. The molecule has 0 spiro atoms. The quantitative estimate of drug-likeness (QED) is 0.279. The van der Waals surface area contributed by atoms with Crippen LogP contribution >= 0.6 is 0 Å². The van der Waals surface area contributed by atoms with Crippen LogP contribution in [-0.2, 0) is 32.5 Å². The molecule has 2 aromatic rings. The Hall–Kier alpha value is -0.638. The second-order valence-corrected chi connectivity index (χ2v) is 21.9. The molecule has 0 amide bonds. The molecule has 2 radical (unpaired) electrons. The molecule has 1 heteroatoms. The van der Waals surface area contributed by atoms with Crippen molar-refractivity contribution in [3.63, 3.8) is 0 Å². The zero-order valence-electron chi connectivity index (χ0n) is 27.6. The van der Waals surface area contributed by atoms with Gasteiger partial charge in [0.05, 0.1) is 0 Å². The van der Waals surface area contributed by atoms with Crippen molar-refractivity contribution in [1.82, 2.24) is 0 Å². The number of benzene rings is 2. The number of hydrogen-bond acceptors (Lipinski definition) is 0. The van der Waals surface area contributed by atoms with Gasteiger partial charge in [-0.1, -0.05) is 0 Å². The molecule has 0 unspecified atom stereocenters. The van der Waals surface area contributed by atoms with Gasteiger partial charge < -0.3 is 0 Å². The van der Waals surface area contributed by atoms with Crippen molar-refractivity contribution in [1.29, 1.82) is 0 Å². The molecule has 0 saturated heterocycles. The Morgan fingerprint density at radius 3 is 1.00 bits per heavy atom. The van der Waals surface area contributed by atoms with E-state index in [0.29, 0.717) is 0 Å². The molecule has 0 bridgehead atoms. The Morgan fingerprint density at radius 1 is 0.405 bits per heavy atom. The van der Waals surface area contributed by atoms with Crippen molar-refractivity contribution in [2.45, 2.75) is 154 Å². The summed E-state index contributed by atoms with van der Waals surface area (Å²) in [4.78, 5) is 0. The predicted molar refractivity (Wildman–Crippen MR) is 170 cm³/mol. The Labute approximate surface area is 244 Å². The second-order valence-electron chi connectivity index (χ2n) is 17.2. The van der Waals surface area contributed by atoms with Crippen LogP contribution in [0.2, 0.25) is 3.98 Å². The van der Waals surface area contributed by atoms with E-state index in [4.69, 9.17) is 0 Å². The normalized spacial score (nSPS) is 14.3. The van der Waals surface area contributed by atoms with Gasteiger partial charge in [-0.3, -0.25) is 0 Å². The molecule has 37 heavy (non-hydrogen) atoms. The van der Waals surface area contributed by atoms with E-state index in [1.807, 2.05) is 0 Å². The molecule has 0 saturated carbocycles. The third kappa shape index (κ3) is 8.18. The molecule has 0 heterocycles. The van der Waals surface area contributed by atoms with Gasteiger partial charge in [0, 0.05) is 0 Å². The SMILES string of the molecule is CC(C)(C)c1cc(C(C)(C)C)cc(C(C)(C)[CH2][Pb][c]2c(C(C)(C)C)cc(C(C)(C)C)cc2C(C)(C)C)c1. The fraction of sp³-hybridized carbons (Fsp3) is 0.667. The van der Waals surface area contributed by atoms with Gasteiger partial charge >= 0.3 is 245 Å². The molecule has 2 aromatic carbocycles. The average molecular weight is 698 g/mol. The van der Waals surface area contributed by atoms with Gasteiger partial charge in [-0.05, 0) is 0 Å². The average Bonchev–Trinajstić information content (AvgIpc) is 2.68. The molecule has 0 aliphatic rings. The summed E-state index contributed by atoms with van der Waals surface area (Å²) in [7, 11) is 0. The van der Waals surface area contributed by atoms with E-state index in [0.717, 1.165) is 0 Å². The van der Waals surface area contributed by atoms with Crippen molar-refractivity contribution >= 4 is 27.4 Å².